The molecular weight excluding hydrogens is 490 g/mol. The van der Waals surface area contributed by atoms with Crippen molar-refractivity contribution in [2.45, 2.75) is 39.2 Å². The molecule has 0 spiro atoms. The van der Waals surface area contributed by atoms with Crippen molar-refractivity contribution in [3.8, 4) is 5.75 Å². The number of anilines is 1. The van der Waals surface area contributed by atoms with Gasteiger partial charge in [-0.15, -0.1) is 0 Å². The maximum Gasteiger partial charge on any atom is 0.333 e. The third-order valence-electron chi connectivity index (χ3n) is 5.22. The van der Waals surface area contributed by atoms with Gasteiger partial charge >= 0.3 is 12.0 Å². The van der Waals surface area contributed by atoms with Gasteiger partial charge in [-0.05, 0) is 48.9 Å². The van der Waals surface area contributed by atoms with Crippen molar-refractivity contribution >= 4 is 29.4 Å². The molecule has 0 radical (unpaired) electrons. The molecule has 2 amide bonds. The van der Waals surface area contributed by atoms with Gasteiger partial charge in [-0.25, -0.2) is 18.4 Å². The molecule has 0 saturated heterocycles. The molecule has 0 aromatic heterocycles. The molecule has 7 nitrogen and oxygen atoms in total. The summed E-state index contributed by atoms with van der Waals surface area (Å²) in [6.45, 7) is 5.17. The van der Waals surface area contributed by atoms with Gasteiger partial charge in [0.05, 0.1) is 6.54 Å². The number of benzene rings is 2. The van der Waals surface area contributed by atoms with Crippen LogP contribution < -0.4 is 10.1 Å². The second-order valence-electron chi connectivity index (χ2n) is 7.99. The first kappa shape index (κ1) is 29.4. The highest BCUT2D eigenvalue weighted by Crippen LogP contribution is 2.16. The zero-order valence-electron chi connectivity index (χ0n) is 20.7. The number of amides is 2. The number of carboxylic acids is 1. The second-order valence-corrected chi connectivity index (χ2v) is 9.22. The summed E-state index contributed by atoms with van der Waals surface area (Å²) in [7, 11) is 0. The first-order chi connectivity index (χ1) is 17.3. The summed E-state index contributed by atoms with van der Waals surface area (Å²) in [4.78, 5) is 25.6. The van der Waals surface area contributed by atoms with E-state index in [-0.39, 0.29) is 25.3 Å². The molecule has 2 aromatic rings. The van der Waals surface area contributed by atoms with Crippen molar-refractivity contribution in [1.82, 2.24) is 4.90 Å². The molecule has 0 aliphatic carbocycles. The van der Waals surface area contributed by atoms with Crippen molar-refractivity contribution in [2.24, 2.45) is 0 Å². The average molecular weight is 525 g/mol. The van der Waals surface area contributed by atoms with Gasteiger partial charge in [-0.1, -0.05) is 25.5 Å². The summed E-state index contributed by atoms with van der Waals surface area (Å²) in [5.41, 5.74) is 0.977. The van der Waals surface area contributed by atoms with E-state index < -0.39 is 29.7 Å². The van der Waals surface area contributed by atoms with Crippen LogP contribution in [-0.4, -0.2) is 65.9 Å². The number of carbonyl (C=O) groups excluding carboxylic acids is 1. The van der Waals surface area contributed by atoms with Crippen LogP contribution in [0.15, 0.2) is 42.5 Å². The van der Waals surface area contributed by atoms with Crippen molar-refractivity contribution in [3.63, 3.8) is 0 Å². The summed E-state index contributed by atoms with van der Waals surface area (Å²) in [6.07, 6.45) is 1.54. The number of rotatable bonds is 16. The van der Waals surface area contributed by atoms with Crippen molar-refractivity contribution in [1.29, 1.82) is 0 Å². The van der Waals surface area contributed by atoms with Crippen LogP contribution in [-0.2, 0) is 16.0 Å². The molecule has 0 aliphatic rings. The van der Waals surface area contributed by atoms with Crippen LogP contribution in [0.25, 0.3) is 0 Å². The van der Waals surface area contributed by atoms with E-state index in [4.69, 9.17) is 9.47 Å². The minimum atomic E-state index is -1.03. The third kappa shape index (κ3) is 10.4. The molecule has 1 atom stereocenters. The molecule has 10 heteroatoms. The zero-order chi connectivity index (χ0) is 26.3. The number of unbranched alkanes of at least 4 members (excludes halogenated alkanes) is 1. The van der Waals surface area contributed by atoms with Gasteiger partial charge in [0.25, 0.3) is 0 Å². The summed E-state index contributed by atoms with van der Waals surface area (Å²) in [6, 6.07) is 9.84. The molecule has 1 unspecified atom stereocenters. The Bertz CT molecular complexity index is 962. The van der Waals surface area contributed by atoms with Crippen LogP contribution >= 0.6 is 11.8 Å². The Morgan fingerprint density at radius 2 is 1.81 bits per heavy atom. The Kier molecular flexibility index (Phi) is 13.1. The topological polar surface area (TPSA) is 88.1 Å². The quantitative estimate of drug-likeness (QED) is 0.284. The lowest BCUT2D eigenvalue weighted by Crippen LogP contribution is -2.39. The number of hydrogen-bond acceptors (Lipinski definition) is 5. The molecule has 0 saturated carbocycles. The van der Waals surface area contributed by atoms with E-state index in [9.17, 15) is 23.5 Å². The van der Waals surface area contributed by atoms with Crippen molar-refractivity contribution in [3.05, 3.63) is 59.7 Å². The largest absolute Gasteiger partial charge is 0.492 e. The summed E-state index contributed by atoms with van der Waals surface area (Å²) in [5, 5.41) is 11.8. The van der Waals surface area contributed by atoms with E-state index in [2.05, 4.69) is 12.2 Å². The van der Waals surface area contributed by atoms with Gasteiger partial charge in [-0.3, -0.25) is 0 Å². The standard InChI is InChI=1S/C26H34F2N2O5S/c1-3-5-15-36-16-13-30(26(33)29-20-8-11-22(27)23(28)18-20)12-14-35-21-9-6-19(7-10-21)17-24(25(31)32)34-4-2/h6-11,18,24H,3-5,12-17H2,1-2H3,(H,29,33)(H,31,32). The molecule has 0 heterocycles. The Morgan fingerprint density at radius 3 is 2.44 bits per heavy atom. The third-order valence-corrected chi connectivity index (χ3v) is 6.27. The van der Waals surface area contributed by atoms with E-state index in [1.165, 1.54) is 6.07 Å². The van der Waals surface area contributed by atoms with E-state index >= 15 is 0 Å². The first-order valence-electron chi connectivity index (χ1n) is 12.0. The van der Waals surface area contributed by atoms with E-state index in [0.29, 0.717) is 18.9 Å². The van der Waals surface area contributed by atoms with Gasteiger partial charge in [0, 0.05) is 37.1 Å². The number of nitrogens with zero attached hydrogens (tertiary/aromatic N) is 1. The van der Waals surface area contributed by atoms with Gasteiger partial charge in [-0.2, -0.15) is 11.8 Å². The molecular formula is C26H34F2N2O5S. The molecule has 2 N–H and O–H groups in total. The number of thioether (sulfide) groups is 1. The normalized spacial score (nSPS) is 11.7. The molecule has 0 aliphatic heterocycles. The highest BCUT2D eigenvalue weighted by atomic mass is 32.2. The molecule has 0 fully saturated rings. The number of carbonyl (C=O) groups is 2. The number of hydrogen-bond donors (Lipinski definition) is 2. The summed E-state index contributed by atoms with van der Waals surface area (Å²) < 4.78 is 37.7. The average Bonchev–Trinajstić information content (AvgIpc) is 2.85. The van der Waals surface area contributed by atoms with E-state index in [0.717, 1.165) is 42.0 Å². The fourth-order valence-electron chi connectivity index (χ4n) is 3.24. The van der Waals surface area contributed by atoms with Crippen LogP contribution in [0.3, 0.4) is 0 Å². The number of urea groups is 1. The molecule has 36 heavy (non-hydrogen) atoms. The van der Waals surface area contributed by atoms with Gasteiger partial charge < -0.3 is 24.8 Å². The maximum atomic E-state index is 13.5. The van der Waals surface area contributed by atoms with Crippen LogP contribution in [0.5, 0.6) is 5.75 Å². The monoisotopic (exact) mass is 524 g/mol. The van der Waals surface area contributed by atoms with Gasteiger partial charge in [0.1, 0.15) is 12.4 Å². The molecule has 2 rings (SSSR count). The number of carboxylic acid groups (broad SMARTS) is 1. The molecule has 0 bridgehead atoms. The minimum absolute atomic E-state index is 0.172. The van der Waals surface area contributed by atoms with E-state index in [1.54, 1.807) is 47.9 Å². The van der Waals surface area contributed by atoms with Crippen LogP contribution in [0, 0.1) is 11.6 Å². The lowest BCUT2D eigenvalue weighted by Gasteiger charge is -2.23. The number of halogens is 2. The van der Waals surface area contributed by atoms with Gasteiger partial charge in [0.15, 0.2) is 17.7 Å². The second kappa shape index (κ2) is 16.0. The van der Waals surface area contributed by atoms with Gasteiger partial charge in [0.2, 0.25) is 0 Å². The minimum Gasteiger partial charge on any atom is -0.492 e. The maximum absolute atomic E-state index is 13.5. The zero-order valence-corrected chi connectivity index (χ0v) is 21.5. The lowest BCUT2D eigenvalue weighted by molar-refractivity contribution is -0.149. The molecule has 198 valence electrons. The highest BCUT2D eigenvalue weighted by molar-refractivity contribution is 7.99. The van der Waals surface area contributed by atoms with Crippen molar-refractivity contribution < 1.29 is 33.0 Å². The SMILES string of the molecule is CCCCSCCN(CCOc1ccc(CC(OCC)C(=O)O)cc1)C(=O)Nc1ccc(F)c(F)c1. The van der Waals surface area contributed by atoms with Crippen LogP contribution in [0.1, 0.15) is 32.3 Å². The summed E-state index contributed by atoms with van der Waals surface area (Å²) >= 11 is 1.75. The number of aliphatic carboxylic acids is 1. The fraction of sp³-hybridized carbons (Fsp3) is 0.462. The predicted octanol–water partition coefficient (Wildman–Crippen LogP) is 5.44. The van der Waals surface area contributed by atoms with Crippen molar-refractivity contribution in [2.75, 3.05) is 43.1 Å². The molecule has 2 aromatic carbocycles. The Hall–Kier alpha value is -2.85. The first-order valence-corrected chi connectivity index (χ1v) is 13.1. The lowest BCUT2D eigenvalue weighted by atomic mass is 10.1. The predicted molar refractivity (Wildman–Crippen MR) is 138 cm³/mol. The Labute approximate surface area is 215 Å². The van der Waals surface area contributed by atoms with Crippen LogP contribution in [0.4, 0.5) is 19.3 Å². The van der Waals surface area contributed by atoms with Crippen LogP contribution in [0.2, 0.25) is 0 Å². The fourth-order valence-corrected chi connectivity index (χ4v) is 4.29. The Balaban J connectivity index is 1.92. The number of nitrogens with one attached hydrogen (secondary N) is 1. The smallest absolute Gasteiger partial charge is 0.333 e. The number of ether oxygens (including phenoxy) is 2. The highest BCUT2D eigenvalue weighted by Gasteiger charge is 2.18. The van der Waals surface area contributed by atoms with E-state index in [1.807, 2.05) is 0 Å². The Morgan fingerprint density at radius 1 is 1.06 bits per heavy atom. The summed E-state index contributed by atoms with van der Waals surface area (Å²) in [5.74, 6) is -0.689.